The van der Waals surface area contributed by atoms with Crippen LogP contribution in [0.25, 0.3) is 0 Å². The predicted octanol–water partition coefficient (Wildman–Crippen LogP) is 0.465. The second-order valence-electron chi connectivity index (χ2n) is 8.64. The quantitative estimate of drug-likeness (QED) is 0.161. The third kappa shape index (κ3) is 8.26. The van der Waals surface area contributed by atoms with Crippen LogP contribution in [-0.4, -0.2) is 79.0 Å². The van der Waals surface area contributed by atoms with E-state index < -0.39 is 48.3 Å². The van der Waals surface area contributed by atoms with Crippen molar-refractivity contribution in [1.82, 2.24) is 15.5 Å². The number of ketones is 1. The van der Waals surface area contributed by atoms with Gasteiger partial charge in [0.05, 0.1) is 12.6 Å². The summed E-state index contributed by atoms with van der Waals surface area (Å²) >= 11 is 3.31. The normalized spacial score (nSPS) is 16.8. The van der Waals surface area contributed by atoms with Gasteiger partial charge in [-0.2, -0.15) is 0 Å². The van der Waals surface area contributed by atoms with E-state index in [1.807, 2.05) is 0 Å². The van der Waals surface area contributed by atoms with Crippen LogP contribution in [0.5, 0.6) is 0 Å². The number of carbonyl (C=O) groups is 4. The Bertz CT molecular complexity index is 970. The first-order valence-corrected chi connectivity index (χ1v) is 12.2. The molecule has 11 nitrogen and oxygen atoms in total. The molecule has 0 aromatic heterocycles. The summed E-state index contributed by atoms with van der Waals surface area (Å²) in [5.74, 6) is -2.81. The van der Waals surface area contributed by atoms with Crippen molar-refractivity contribution in [1.29, 1.82) is 0 Å². The van der Waals surface area contributed by atoms with Gasteiger partial charge in [-0.1, -0.05) is 29.8 Å². The molecular weight excluding hydrogens is 539 g/mol. The fourth-order valence-electron chi connectivity index (χ4n) is 3.57. The lowest BCUT2D eigenvalue weighted by molar-refractivity contribution is -0.141. The number of hydrogen-bond donors (Lipinski definition) is 4. The topological polar surface area (TPSA) is 169 Å². The first-order chi connectivity index (χ1) is 17.0. The summed E-state index contributed by atoms with van der Waals surface area (Å²) in [7, 11) is 0. The van der Waals surface area contributed by atoms with Crippen LogP contribution in [0.4, 0.5) is 4.39 Å². The molecule has 6 N–H and O–H groups in total. The fourth-order valence-corrected chi connectivity index (χ4v) is 3.84. The van der Waals surface area contributed by atoms with Crippen LogP contribution < -0.4 is 22.1 Å². The third-order valence-corrected chi connectivity index (χ3v) is 6.10. The summed E-state index contributed by atoms with van der Waals surface area (Å²) in [5.41, 5.74) is 10.9. The van der Waals surface area contributed by atoms with Crippen LogP contribution in [-0.2, 0) is 19.1 Å². The summed E-state index contributed by atoms with van der Waals surface area (Å²) < 4.78 is 19.2. The number of hydrogen-bond acceptors (Lipinski definition) is 6. The Labute approximate surface area is 217 Å². The van der Waals surface area contributed by atoms with E-state index in [-0.39, 0.29) is 38.2 Å². The largest absolute Gasteiger partial charge is 0.370 e. The van der Waals surface area contributed by atoms with Crippen LogP contribution in [0.1, 0.15) is 37.0 Å². The van der Waals surface area contributed by atoms with Crippen molar-refractivity contribution in [2.24, 2.45) is 22.4 Å². The van der Waals surface area contributed by atoms with Crippen molar-refractivity contribution < 1.29 is 28.3 Å². The molecule has 1 aromatic carbocycles. The van der Waals surface area contributed by atoms with Gasteiger partial charge >= 0.3 is 0 Å². The smallest absolute Gasteiger partial charge is 0.251 e. The Morgan fingerprint density at radius 2 is 1.86 bits per heavy atom. The highest BCUT2D eigenvalue weighted by atomic mass is 79.9. The number of ether oxygens (including phenoxy) is 1. The molecule has 198 valence electrons. The molecule has 1 fully saturated rings. The minimum absolute atomic E-state index is 0.104. The van der Waals surface area contributed by atoms with Crippen LogP contribution in [0, 0.1) is 5.92 Å². The zero-order chi connectivity index (χ0) is 26.8. The van der Waals surface area contributed by atoms with Gasteiger partial charge in [0.2, 0.25) is 11.8 Å². The van der Waals surface area contributed by atoms with Gasteiger partial charge in [0, 0.05) is 16.6 Å². The molecule has 2 rings (SSSR count). The van der Waals surface area contributed by atoms with Gasteiger partial charge in [-0.05, 0) is 43.0 Å². The monoisotopic (exact) mass is 570 g/mol. The fraction of sp³-hybridized carbons (Fsp3) is 0.522. The van der Waals surface area contributed by atoms with Crippen molar-refractivity contribution >= 4 is 45.4 Å². The molecule has 0 bridgehead atoms. The molecule has 1 aromatic rings. The zero-order valence-corrected chi connectivity index (χ0v) is 21.8. The number of benzene rings is 1. The number of Topliss-reactive ketones (excluding diaryl/α,β-unsaturated/α-hetero) is 1. The molecule has 1 aliphatic heterocycles. The van der Waals surface area contributed by atoms with Gasteiger partial charge in [0.15, 0.2) is 11.7 Å². The average molecular weight is 571 g/mol. The second kappa shape index (κ2) is 13.9. The van der Waals surface area contributed by atoms with Gasteiger partial charge < -0.3 is 31.7 Å². The molecule has 1 saturated heterocycles. The summed E-state index contributed by atoms with van der Waals surface area (Å²) in [5, 5.41) is 5.25. The van der Waals surface area contributed by atoms with Crippen molar-refractivity contribution in [3.05, 3.63) is 34.3 Å². The van der Waals surface area contributed by atoms with Gasteiger partial charge in [-0.25, -0.2) is 4.39 Å². The predicted molar refractivity (Wildman–Crippen MR) is 135 cm³/mol. The first-order valence-electron chi connectivity index (χ1n) is 11.4. The highest BCUT2D eigenvalue weighted by Crippen LogP contribution is 2.17. The molecule has 0 saturated carbocycles. The molecule has 0 aliphatic carbocycles. The number of aliphatic imine (C=N–C) groups is 1. The molecule has 3 atom stereocenters. The number of rotatable bonds is 12. The van der Waals surface area contributed by atoms with E-state index in [0.717, 1.165) is 4.47 Å². The second-order valence-corrected chi connectivity index (χ2v) is 9.55. The number of nitrogens with one attached hydrogen (secondary N) is 2. The van der Waals surface area contributed by atoms with Gasteiger partial charge in [0.1, 0.15) is 25.5 Å². The molecule has 13 heteroatoms. The molecule has 0 radical (unpaired) electrons. The van der Waals surface area contributed by atoms with Crippen LogP contribution in [0.15, 0.2) is 33.7 Å². The molecular formula is C23H32BrFN6O5. The highest BCUT2D eigenvalue weighted by Gasteiger charge is 2.40. The molecule has 3 amide bonds. The standard InChI is InChI=1S/C23H32BrFN6O5/c1-13(2)19(30-20(33)14-5-7-15(24)8-6-14)22(35)31-12-36-11-17(31)21(34)29-16(18(32)10-25)4-3-9-28-23(26)27/h5-8,13,16-17,19H,3-4,9-12H2,1-2H3,(H,29,34)(H,30,33)(H4,26,27,28)/t16-,17-,19?/m0/s1. The maximum Gasteiger partial charge on any atom is 0.251 e. The molecule has 1 unspecified atom stereocenters. The number of carbonyl (C=O) groups excluding carboxylic acids is 4. The summed E-state index contributed by atoms with van der Waals surface area (Å²) in [4.78, 5) is 56.1. The van der Waals surface area contributed by atoms with E-state index in [1.54, 1.807) is 38.1 Å². The molecule has 0 spiro atoms. The maximum absolute atomic E-state index is 13.4. The summed E-state index contributed by atoms with van der Waals surface area (Å²) in [6.07, 6.45) is 0.445. The minimum Gasteiger partial charge on any atom is -0.370 e. The number of halogens is 2. The van der Waals surface area contributed by atoms with E-state index in [4.69, 9.17) is 16.2 Å². The van der Waals surface area contributed by atoms with E-state index >= 15 is 0 Å². The van der Waals surface area contributed by atoms with Crippen molar-refractivity contribution in [3.63, 3.8) is 0 Å². The van der Waals surface area contributed by atoms with Crippen molar-refractivity contribution in [3.8, 4) is 0 Å². The van der Waals surface area contributed by atoms with Gasteiger partial charge in [-0.15, -0.1) is 0 Å². The Kier molecular flexibility index (Phi) is 11.2. The van der Waals surface area contributed by atoms with Crippen LogP contribution in [0.2, 0.25) is 0 Å². The van der Waals surface area contributed by atoms with Crippen LogP contribution >= 0.6 is 15.9 Å². The lowest BCUT2D eigenvalue weighted by atomic mass is 10.0. The van der Waals surface area contributed by atoms with Crippen molar-refractivity contribution in [2.45, 2.75) is 44.8 Å². The Morgan fingerprint density at radius 1 is 1.19 bits per heavy atom. The summed E-state index contributed by atoms with van der Waals surface area (Å²) in [6.45, 7) is 2.22. The highest BCUT2D eigenvalue weighted by molar-refractivity contribution is 9.10. The molecule has 36 heavy (non-hydrogen) atoms. The van der Waals surface area contributed by atoms with Crippen molar-refractivity contribution in [2.75, 3.05) is 26.6 Å². The zero-order valence-electron chi connectivity index (χ0n) is 20.2. The lowest BCUT2D eigenvalue weighted by Gasteiger charge is -2.30. The van der Waals surface area contributed by atoms with E-state index in [1.165, 1.54) is 4.90 Å². The number of nitrogens with two attached hydrogens (primary N) is 2. The Balaban J connectivity index is 2.09. The summed E-state index contributed by atoms with van der Waals surface area (Å²) in [6, 6.07) is 3.58. The van der Waals surface area contributed by atoms with E-state index in [9.17, 15) is 23.6 Å². The number of alkyl halides is 1. The molecule has 1 heterocycles. The molecule has 1 aliphatic rings. The van der Waals surface area contributed by atoms with E-state index in [2.05, 4.69) is 31.6 Å². The van der Waals surface area contributed by atoms with E-state index in [0.29, 0.717) is 12.0 Å². The number of guanidine groups is 1. The Hall–Kier alpha value is -3.06. The lowest BCUT2D eigenvalue weighted by Crippen LogP contribution is -2.57. The van der Waals surface area contributed by atoms with Gasteiger partial charge in [0.25, 0.3) is 5.91 Å². The average Bonchev–Trinajstić information content (AvgIpc) is 3.33. The maximum atomic E-state index is 13.4. The number of nitrogens with zero attached hydrogens (tertiary/aromatic N) is 2. The van der Waals surface area contributed by atoms with Gasteiger partial charge in [-0.3, -0.25) is 24.2 Å². The SMILES string of the molecule is CC(C)C(NC(=O)c1ccc(Br)cc1)C(=O)N1COC[C@H]1C(=O)N[C@@H](CCCN=C(N)N)C(=O)CF. The first kappa shape index (κ1) is 29.2. The Morgan fingerprint density at radius 3 is 2.44 bits per heavy atom. The minimum atomic E-state index is -1.26. The number of amides is 3. The third-order valence-electron chi connectivity index (χ3n) is 5.58. The van der Waals surface area contributed by atoms with Crippen LogP contribution in [0.3, 0.4) is 0 Å².